The van der Waals surface area contributed by atoms with Gasteiger partial charge in [0.2, 0.25) is 0 Å². The lowest BCUT2D eigenvalue weighted by Gasteiger charge is -2.29. The van der Waals surface area contributed by atoms with Gasteiger partial charge in [0.05, 0.1) is 4.90 Å². The number of nitrogens with zero attached hydrogens (tertiary/aromatic N) is 1. The molecule has 0 fully saturated rings. The fourth-order valence-corrected chi connectivity index (χ4v) is 2.68. The van der Waals surface area contributed by atoms with Gasteiger partial charge in [-0.2, -0.15) is 13.2 Å². The molecule has 0 saturated carbocycles. The number of amides is 1. The highest BCUT2D eigenvalue weighted by Crippen LogP contribution is 2.26. The van der Waals surface area contributed by atoms with Gasteiger partial charge in [-0.15, -0.1) is 0 Å². The standard InChI is InChI=1S/C11H9ClF3NO2S/c12-19(18)9-2-1-7-3-4-16(6-8(7)5-9)10(17)11(13,14)15/h1-2,5H,3-4,6H2. The second-order valence-electron chi connectivity index (χ2n) is 4.13. The molecule has 1 aliphatic heterocycles. The maximum Gasteiger partial charge on any atom is 0.471 e. The molecule has 0 N–H and O–H groups in total. The van der Waals surface area contributed by atoms with E-state index in [1.807, 2.05) is 0 Å². The molecular weight excluding hydrogens is 303 g/mol. The molecule has 3 nitrogen and oxygen atoms in total. The van der Waals surface area contributed by atoms with Crippen LogP contribution in [0.4, 0.5) is 13.2 Å². The summed E-state index contributed by atoms with van der Waals surface area (Å²) < 4.78 is 48.2. The molecular formula is C11H9ClF3NO2S. The minimum atomic E-state index is -4.87. The third-order valence-electron chi connectivity index (χ3n) is 2.91. The van der Waals surface area contributed by atoms with Crippen LogP contribution in [0, 0.1) is 0 Å². The van der Waals surface area contributed by atoms with Gasteiger partial charge in [0, 0.05) is 13.1 Å². The number of hydrogen-bond acceptors (Lipinski definition) is 2. The first-order valence-electron chi connectivity index (χ1n) is 5.35. The van der Waals surface area contributed by atoms with E-state index in [1.165, 1.54) is 6.07 Å². The molecule has 1 unspecified atom stereocenters. The SMILES string of the molecule is O=C(N1CCc2ccc(S(=O)Cl)cc2C1)C(F)(F)F. The summed E-state index contributed by atoms with van der Waals surface area (Å²) in [5, 5.41) is 0. The van der Waals surface area contributed by atoms with Gasteiger partial charge in [-0.1, -0.05) is 6.07 Å². The molecule has 19 heavy (non-hydrogen) atoms. The van der Waals surface area contributed by atoms with E-state index in [4.69, 9.17) is 10.7 Å². The number of alkyl halides is 3. The third kappa shape index (κ3) is 3.09. The molecule has 0 radical (unpaired) electrons. The second kappa shape index (κ2) is 5.13. The molecule has 2 rings (SSSR count). The molecule has 0 saturated heterocycles. The minimum absolute atomic E-state index is 0.0225. The number of hydrogen-bond donors (Lipinski definition) is 0. The van der Waals surface area contributed by atoms with E-state index in [-0.39, 0.29) is 13.1 Å². The molecule has 104 valence electrons. The number of benzene rings is 1. The first-order chi connectivity index (χ1) is 8.79. The minimum Gasteiger partial charge on any atom is -0.330 e. The van der Waals surface area contributed by atoms with E-state index in [1.54, 1.807) is 12.1 Å². The maximum atomic E-state index is 12.4. The Labute approximate surface area is 114 Å². The third-order valence-corrected chi connectivity index (χ3v) is 4.06. The molecule has 8 heteroatoms. The molecule has 1 aromatic carbocycles. The van der Waals surface area contributed by atoms with Crippen molar-refractivity contribution in [3.63, 3.8) is 0 Å². The van der Waals surface area contributed by atoms with Crippen LogP contribution in [0.5, 0.6) is 0 Å². The molecule has 0 bridgehead atoms. The fourth-order valence-electron chi connectivity index (χ4n) is 1.99. The number of carbonyl (C=O) groups excluding carboxylic acids is 1. The van der Waals surface area contributed by atoms with E-state index in [0.29, 0.717) is 16.9 Å². The lowest BCUT2D eigenvalue weighted by molar-refractivity contribution is -0.186. The molecule has 1 aliphatic rings. The lowest BCUT2D eigenvalue weighted by Crippen LogP contribution is -2.43. The Morgan fingerprint density at radius 3 is 2.58 bits per heavy atom. The Balaban J connectivity index is 2.25. The summed E-state index contributed by atoms with van der Waals surface area (Å²) in [6.07, 6.45) is -4.53. The Kier molecular flexibility index (Phi) is 3.87. The van der Waals surface area contributed by atoms with Gasteiger partial charge in [0.1, 0.15) is 10.0 Å². The van der Waals surface area contributed by atoms with Crippen LogP contribution in [0.15, 0.2) is 23.1 Å². The summed E-state index contributed by atoms with van der Waals surface area (Å²) in [4.78, 5) is 12.2. The number of fused-ring (bicyclic) bond motifs is 1. The Bertz CT molecular complexity index is 547. The van der Waals surface area contributed by atoms with Gasteiger partial charge in [0.25, 0.3) is 0 Å². The Hall–Kier alpha value is -1.08. The van der Waals surface area contributed by atoms with Crippen molar-refractivity contribution in [2.45, 2.75) is 24.0 Å². The smallest absolute Gasteiger partial charge is 0.330 e. The summed E-state index contributed by atoms with van der Waals surface area (Å²) >= 11 is 0. The van der Waals surface area contributed by atoms with Crippen molar-refractivity contribution < 1.29 is 22.2 Å². The van der Waals surface area contributed by atoms with Crippen molar-refractivity contribution in [2.24, 2.45) is 0 Å². The summed E-state index contributed by atoms with van der Waals surface area (Å²) in [7, 11) is 3.71. The molecule has 0 aliphatic carbocycles. The summed E-state index contributed by atoms with van der Waals surface area (Å²) in [6.45, 7) is -0.121. The van der Waals surface area contributed by atoms with Gasteiger partial charge in [0.15, 0.2) is 0 Å². The molecule has 0 spiro atoms. The monoisotopic (exact) mass is 311 g/mol. The fraction of sp³-hybridized carbons (Fsp3) is 0.364. The lowest BCUT2D eigenvalue weighted by atomic mass is 10.00. The van der Waals surface area contributed by atoms with Crippen molar-refractivity contribution in [1.82, 2.24) is 4.90 Å². The average Bonchev–Trinajstić information content (AvgIpc) is 2.35. The van der Waals surface area contributed by atoms with Crippen LogP contribution in [0.25, 0.3) is 0 Å². The Morgan fingerprint density at radius 2 is 2.00 bits per heavy atom. The summed E-state index contributed by atoms with van der Waals surface area (Å²) in [5.41, 5.74) is 1.40. The second-order valence-corrected chi connectivity index (χ2v) is 5.89. The van der Waals surface area contributed by atoms with E-state index in [2.05, 4.69) is 0 Å². The van der Waals surface area contributed by atoms with Crippen molar-refractivity contribution in [1.29, 1.82) is 0 Å². The normalized spacial score (nSPS) is 16.9. The van der Waals surface area contributed by atoms with Crippen molar-refractivity contribution in [2.75, 3.05) is 6.54 Å². The molecule has 1 heterocycles. The van der Waals surface area contributed by atoms with Crippen LogP contribution in [0.1, 0.15) is 11.1 Å². The topological polar surface area (TPSA) is 37.4 Å². The predicted octanol–water partition coefficient (Wildman–Crippen LogP) is 2.40. The van der Waals surface area contributed by atoms with Gasteiger partial charge in [-0.05, 0) is 40.4 Å². The molecule has 1 amide bonds. The van der Waals surface area contributed by atoms with Crippen LogP contribution in [0.2, 0.25) is 0 Å². The highest BCUT2D eigenvalue weighted by molar-refractivity contribution is 8.08. The first kappa shape index (κ1) is 14.3. The van der Waals surface area contributed by atoms with E-state index >= 15 is 0 Å². The predicted molar refractivity (Wildman–Crippen MR) is 63.9 cm³/mol. The number of rotatable bonds is 1. The molecule has 1 aromatic rings. The van der Waals surface area contributed by atoms with Crippen LogP contribution in [0.3, 0.4) is 0 Å². The van der Waals surface area contributed by atoms with Gasteiger partial charge >= 0.3 is 12.1 Å². The summed E-state index contributed by atoms with van der Waals surface area (Å²) in [5.74, 6) is -1.85. The maximum absolute atomic E-state index is 12.4. The van der Waals surface area contributed by atoms with Crippen LogP contribution in [-0.2, 0) is 27.8 Å². The van der Waals surface area contributed by atoms with Gasteiger partial charge in [-0.25, -0.2) is 4.21 Å². The highest BCUT2D eigenvalue weighted by Gasteiger charge is 2.43. The first-order valence-corrected chi connectivity index (χ1v) is 7.32. The van der Waals surface area contributed by atoms with E-state index in [9.17, 15) is 22.2 Å². The van der Waals surface area contributed by atoms with E-state index < -0.39 is 22.1 Å². The molecule has 1 atom stereocenters. The van der Waals surface area contributed by atoms with Gasteiger partial charge < -0.3 is 4.90 Å². The zero-order valence-electron chi connectivity index (χ0n) is 9.54. The van der Waals surface area contributed by atoms with Crippen molar-refractivity contribution in [3.8, 4) is 0 Å². The number of halogens is 4. The zero-order valence-corrected chi connectivity index (χ0v) is 11.1. The van der Waals surface area contributed by atoms with Crippen LogP contribution < -0.4 is 0 Å². The zero-order chi connectivity index (χ0) is 14.2. The van der Waals surface area contributed by atoms with Crippen LogP contribution in [-0.4, -0.2) is 27.7 Å². The Morgan fingerprint density at radius 1 is 1.32 bits per heavy atom. The highest BCUT2D eigenvalue weighted by atomic mass is 35.7. The van der Waals surface area contributed by atoms with Crippen molar-refractivity contribution >= 4 is 26.6 Å². The van der Waals surface area contributed by atoms with Crippen LogP contribution >= 0.6 is 10.7 Å². The largest absolute Gasteiger partial charge is 0.471 e. The quantitative estimate of drug-likeness (QED) is 0.747. The van der Waals surface area contributed by atoms with E-state index in [0.717, 1.165) is 10.5 Å². The number of carbonyl (C=O) groups is 1. The molecule has 0 aromatic heterocycles. The summed E-state index contributed by atoms with van der Waals surface area (Å²) in [6, 6.07) is 4.73. The van der Waals surface area contributed by atoms with Crippen molar-refractivity contribution in [3.05, 3.63) is 29.3 Å². The van der Waals surface area contributed by atoms with Gasteiger partial charge in [-0.3, -0.25) is 4.79 Å². The average molecular weight is 312 g/mol.